The first-order valence-corrected chi connectivity index (χ1v) is 13.5. The van der Waals surface area contributed by atoms with Crippen LogP contribution in [-0.4, -0.2) is 70.8 Å². The molecule has 0 bridgehead atoms. The molecular formula is C30H30F2N6O3. The highest BCUT2D eigenvalue weighted by molar-refractivity contribution is 5.98. The van der Waals surface area contributed by atoms with Crippen LogP contribution in [0.1, 0.15) is 34.5 Å². The van der Waals surface area contributed by atoms with E-state index in [0.29, 0.717) is 52.2 Å². The van der Waals surface area contributed by atoms with Crippen molar-refractivity contribution in [3.8, 4) is 22.3 Å². The average molecular weight is 561 g/mol. The van der Waals surface area contributed by atoms with Gasteiger partial charge in [-0.1, -0.05) is 0 Å². The van der Waals surface area contributed by atoms with E-state index >= 15 is 4.39 Å². The average Bonchev–Trinajstić information content (AvgIpc) is 3.56. The van der Waals surface area contributed by atoms with E-state index in [-0.39, 0.29) is 22.6 Å². The Morgan fingerprint density at radius 2 is 1.98 bits per heavy atom. The lowest BCUT2D eigenvalue weighted by atomic mass is 9.96. The number of hydrogen-bond acceptors (Lipinski definition) is 7. The van der Waals surface area contributed by atoms with Gasteiger partial charge in [-0.05, 0) is 38.6 Å². The van der Waals surface area contributed by atoms with E-state index < -0.39 is 23.0 Å². The van der Waals surface area contributed by atoms with Gasteiger partial charge in [0.1, 0.15) is 11.2 Å². The number of benzene rings is 1. The Morgan fingerprint density at radius 3 is 2.68 bits per heavy atom. The van der Waals surface area contributed by atoms with Gasteiger partial charge in [-0.25, -0.2) is 18.6 Å². The number of likely N-dealkylation sites (N-methyl/N-ethyl adjacent to an activating group) is 1. The molecule has 1 fully saturated rings. The fourth-order valence-corrected chi connectivity index (χ4v) is 6.35. The molecule has 2 N–H and O–H groups in total. The minimum absolute atomic E-state index is 0.111. The number of aryl methyl sites for hydroxylation is 1. The summed E-state index contributed by atoms with van der Waals surface area (Å²) in [7, 11) is 7.31. The lowest BCUT2D eigenvalue weighted by Crippen LogP contribution is -2.38. The highest BCUT2D eigenvalue weighted by Crippen LogP contribution is 2.51. The summed E-state index contributed by atoms with van der Waals surface area (Å²) in [5.74, 6) is -3.19. The summed E-state index contributed by atoms with van der Waals surface area (Å²) < 4.78 is 32.1. The predicted octanol–water partition coefficient (Wildman–Crippen LogP) is 4.12. The predicted molar refractivity (Wildman–Crippen MR) is 154 cm³/mol. The molecule has 11 heteroatoms. The van der Waals surface area contributed by atoms with Crippen LogP contribution in [0.15, 0.2) is 35.5 Å². The number of aromatic carboxylic acids is 1. The van der Waals surface area contributed by atoms with Crippen LogP contribution in [0, 0.1) is 11.6 Å². The number of rotatable bonds is 6. The minimum atomic E-state index is -1.32. The largest absolute Gasteiger partial charge is 0.477 e. The third-order valence-corrected chi connectivity index (χ3v) is 8.12. The molecule has 1 atom stereocenters. The molecule has 3 aromatic heterocycles. The topological polar surface area (TPSA) is 104 Å². The van der Waals surface area contributed by atoms with Crippen LogP contribution >= 0.6 is 0 Å². The second-order valence-electron chi connectivity index (χ2n) is 11.0. The smallest absolute Gasteiger partial charge is 0.341 e. The second kappa shape index (κ2) is 9.91. The van der Waals surface area contributed by atoms with E-state index in [1.807, 2.05) is 14.1 Å². The number of nitrogens with zero attached hydrogens (tertiary/aromatic N) is 5. The van der Waals surface area contributed by atoms with Crippen molar-refractivity contribution in [2.75, 3.05) is 44.4 Å². The van der Waals surface area contributed by atoms with E-state index in [4.69, 9.17) is 4.98 Å². The van der Waals surface area contributed by atoms with Gasteiger partial charge in [0.2, 0.25) is 5.43 Å². The summed E-state index contributed by atoms with van der Waals surface area (Å²) in [5.41, 5.74) is 3.76. The van der Waals surface area contributed by atoms with Crippen LogP contribution in [0.4, 0.5) is 20.2 Å². The van der Waals surface area contributed by atoms with Crippen molar-refractivity contribution >= 4 is 28.4 Å². The first-order chi connectivity index (χ1) is 19.6. The van der Waals surface area contributed by atoms with Gasteiger partial charge in [-0.15, -0.1) is 0 Å². The molecule has 6 rings (SSSR count). The van der Waals surface area contributed by atoms with E-state index in [2.05, 4.69) is 20.1 Å². The van der Waals surface area contributed by atoms with Crippen molar-refractivity contribution in [1.82, 2.24) is 19.4 Å². The fraction of sp³-hybridized carbons (Fsp3) is 0.333. The number of carboxylic acids is 1. The minimum Gasteiger partial charge on any atom is -0.477 e. The summed E-state index contributed by atoms with van der Waals surface area (Å²) in [4.78, 5) is 38.5. The summed E-state index contributed by atoms with van der Waals surface area (Å²) >= 11 is 0. The fourth-order valence-electron chi connectivity index (χ4n) is 6.35. The Hall–Kier alpha value is -4.38. The number of pyridine rings is 3. The molecule has 4 aromatic rings. The molecule has 0 saturated carbocycles. The Bertz CT molecular complexity index is 1800. The molecule has 0 spiro atoms. The van der Waals surface area contributed by atoms with E-state index in [1.165, 1.54) is 16.8 Å². The van der Waals surface area contributed by atoms with Crippen molar-refractivity contribution in [1.29, 1.82) is 0 Å². The van der Waals surface area contributed by atoms with E-state index in [9.17, 15) is 19.1 Å². The zero-order valence-electron chi connectivity index (χ0n) is 23.3. The zero-order chi connectivity index (χ0) is 29.2. The van der Waals surface area contributed by atoms with Crippen LogP contribution in [0.5, 0.6) is 0 Å². The maximum atomic E-state index is 15.7. The maximum Gasteiger partial charge on any atom is 0.341 e. The molecule has 1 saturated heterocycles. The number of nitrogens with one attached hydrogen (secondary N) is 1. The van der Waals surface area contributed by atoms with Gasteiger partial charge in [-0.2, -0.15) is 0 Å². The monoisotopic (exact) mass is 560 g/mol. The van der Waals surface area contributed by atoms with Gasteiger partial charge in [0.05, 0.1) is 16.8 Å². The van der Waals surface area contributed by atoms with Crippen LogP contribution in [0.2, 0.25) is 0 Å². The number of fused-ring (bicyclic) bond motifs is 4. The summed E-state index contributed by atoms with van der Waals surface area (Å²) in [6.45, 7) is 1.47. The molecule has 0 amide bonds. The summed E-state index contributed by atoms with van der Waals surface area (Å²) in [6.07, 6.45) is 6.76. The van der Waals surface area contributed by atoms with E-state index in [1.54, 1.807) is 32.6 Å². The Morgan fingerprint density at radius 1 is 1.20 bits per heavy atom. The van der Waals surface area contributed by atoms with Crippen LogP contribution in [-0.2, 0) is 13.5 Å². The van der Waals surface area contributed by atoms with Crippen LogP contribution in [0.25, 0.3) is 33.3 Å². The number of aromatic nitrogens is 3. The SMILES string of the molecule is CNc1cc(F)c(F)c2c1Cc1ncc(-c3cnc4c(c3)c(=O)c(C(=O)O)cn4C)c(N3CCC[C@@H]3CN(C)C)c1-2. The third kappa shape index (κ3) is 4.22. The third-order valence-electron chi connectivity index (χ3n) is 8.12. The molecule has 0 radical (unpaired) electrons. The molecule has 1 aliphatic carbocycles. The molecular weight excluding hydrogens is 530 g/mol. The highest BCUT2D eigenvalue weighted by atomic mass is 19.2. The number of anilines is 2. The van der Waals surface area contributed by atoms with Crippen molar-refractivity contribution in [3.05, 3.63) is 69.4 Å². The van der Waals surface area contributed by atoms with Gasteiger partial charge in [0, 0.05) is 92.2 Å². The molecule has 2 aliphatic rings. The van der Waals surface area contributed by atoms with Crippen molar-refractivity contribution < 1.29 is 18.7 Å². The quantitative estimate of drug-likeness (QED) is 0.320. The first-order valence-electron chi connectivity index (χ1n) is 13.5. The number of hydrogen-bond donors (Lipinski definition) is 2. The van der Waals surface area contributed by atoms with Gasteiger partial charge in [0.15, 0.2) is 11.6 Å². The number of carbonyl (C=O) groups is 1. The lowest BCUT2D eigenvalue weighted by molar-refractivity contribution is 0.0695. The van der Waals surface area contributed by atoms with Crippen molar-refractivity contribution in [2.45, 2.75) is 25.3 Å². The standard InChI is InChI=1S/C30H30F2N6O3/c1-33-22-10-21(31)26(32)24-17(22)9-23-25(24)27(38-7-5-6-16(38)13-36(2)3)19(12-34-23)15-8-18-28(39)20(30(40)41)14-37(4)29(18)35-11-15/h8,10-12,14,16,33H,5-7,9,13H2,1-4H3,(H,40,41)/t16-/m1/s1. The lowest BCUT2D eigenvalue weighted by Gasteiger charge is -2.32. The molecule has 41 heavy (non-hydrogen) atoms. The van der Waals surface area contributed by atoms with Gasteiger partial charge in [-0.3, -0.25) is 9.78 Å². The van der Waals surface area contributed by atoms with Crippen molar-refractivity contribution in [2.24, 2.45) is 7.05 Å². The number of halogens is 2. The summed E-state index contributed by atoms with van der Waals surface area (Å²) in [6, 6.07) is 2.91. The van der Waals surface area contributed by atoms with Crippen molar-refractivity contribution in [3.63, 3.8) is 0 Å². The Labute approximate surface area is 235 Å². The van der Waals surface area contributed by atoms with Gasteiger partial charge >= 0.3 is 5.97 Å². The Kier molecular flexibility index (Phi) is 6.49. The molecule has 212 valence electrons. The molecule has 1 aromatic carbocycles. The molecule has 1 aliphatic heterocycles. The van der Waals surface area contributed by atoms with E-state index in [0.717, 1.165) is 25.1 Å². The second-order valence-corrected chi connectivity index (χ2v) is 11.0. The highest BCUT2D eigenvalue weighted by Gasteiger charge is 2.37. The van der Waals surface area contributed by atoms with Gasteiger partial charge < -0.3 is 24.8 Å². The zero-order valence-corrected chi connectivity index (χ0v) is 23.3. The first kappa shape index (κ1) is 26.8. The summed E-state index contributed by atoms with van der Waals surface area (Å²) in [5, 5.41) is 12.7. The Balaban J connectivity index is 1.66. The van der Waals surface area contributed by atoms with Crippen LogP contribution < -0.4 is 15.6 Å². The molecule has 0 unspecified atom stereocenters. The van der Waals surface area contributed by atoms with Crippen LogP contribution in [0.3, 0.4) is 0 Å². The molecule has 4 heterocycles. The maximum absolute atomic E-state index is 15.7. The molecule has 9 nitrogen and oxygen atoms in total. The normalized spacial score (nSPS) is 16.0. The van der Waals surface area contributed by atoms with Gasteiger partial charge in [0.25, 0.3) is 0 Å². The number of carboxylic acid groups (broad SMARTS) is 1.